The third kappa shape index (κ3) is 5.72. The number of halogens is 2. The molecule has 19 heavy (non-hydrogen) atoms. The molecule has 0 fully saturated rings. The Labute approximate surface area is 121 Å². The van der Waals surface area contributed by atoms with E-state index in [1.807, 2.05) is 0 Å². The summed E-state index contributed by atoms with van der Waals surface area (Å²) in [5.41, 5.74) is 3.30. The van der Waals surface area contributed by atoms with E-state index in [9.17, 15) is 9.59 Å². The lowest BCUT2D eigenvalue weighted by molar-refractivity contribution is -0.119. The Morgan fingerprint density at radius 2 is 1.89 bits per heavy atom. The van der Waals surface area contributed by atoms with Crippen molar-refractivity contribution in [3.8, 4) is 0 Å². The second-order valence-electron chi connectivity index (χ2n) is 3.87. The highest BCUT2D eigenvalue weighted by Crippen LogP contribution is 2.24. The normalized spacial score (nSPS) is 11.1. The Morgan fingerprint density at radius 1 is 1.21 bits per heavy atom. The summed E-state index contributed by atoms with van der Waals surface area (Å²) in [5.74, 6) is -0.547. The lowest BCUT2D eigenvalue weighted by Crippen LogP contribution is -2.19. The zero-order valence-electron chi connectivity index (χ0n) is 10.5. The minimum absolute atomic E-state index is 0.0700. The number of anilines is 1. The van der Waals surface area contributed by atoms with Crippen LogP contribution in [0.4, 0.5) is 5.69 Å². The maximum atomic E-state index is 11.7. The number of carbonyl (C=O) groups excluding carboxylic acids is 2. The highest BCUT2D eigenvalue weighted by molar-refractivity contribution is 6.42. The molecule has 102 valence electrons. The maximum Gasteiger partial charge on any atom is 0.236 e. The molecule has 1 aromatic carbocycles. The molecule has 2 N–H and O–H groups in total. The Morgan fingerprint density at radius 3 is 2.47 bits per heavy atom. The summed E-state index contributed by atoms with van der Waals surface area (Å²) in [7, 11) is 0. The van der Waals surface area contributed by atoms with Gasteiger partial charge in [0, 0.05) is 18.3 Å². The molecule has 0 bridgehead atoms. The third-order valence-corrected chi connectivity index (χ3v) is 2.76. The average Bonchev–Trinajstić information content (AvgIpc) is 2.31. The van der Waals surface area contributed by atoms with Crippen molar-refractivity contribution in [2.24, 2.45) is 5.10 Å². The first-order chi connectivity index (χ1) is 8.88. The predicted molar refractivity (Wildman–Crippen MR) is 76.6 cm³/mol. The fourth-order valence-corrected chi connectivity index (χ4v) is 1.52. The van der Waals surface area contributed by atoms with Gasteiger partial charge in [-0.15, -0.1) is 0 Å². The smallest absolute Gasteiger partial charge is 0.236 e. The van der Waals surface area contributed by atoms with E-state index in [2.05, 4.69) is 15.8 Å². The molecule has 1 rings (SSSR count). The van der Waals surface area contributed by atoms with Crippen LogP contribution < -0.4 is 10.7 Å². The van der Waals surface area contributed by atoms with Crippen LogP contribution in [0.1, 0.15) is 20.3 Å². The Balaban J connectivity index is 2.57. The number of hydrogen-bond donors (Lipinski definition) is 2. The van der Waals surface area contributed by atoms with Crippen LogP contribution in [0.3, 0.4) is 0 Å². The molecule has 7 heteroatoms. The molecule has 5 nitrogen and oxygen atoms in total. The number of rotatable bonds is 4. The van der Waals surface area contributed by atoms with Crippen molar-refractivity contribution in [1.82, 2.24) is 5.43 Å². The summed E-state index contributed by atoms with van der Waals surface area (Å²) in [6.07, 6.45) is 0.0700. The van der Waals surface area contributed by atoms with Crippen LogP contribution in [0, 0.1) is 0 Å². The van der Waals surface area contributed by atoms with Gasteiger partial charge >= 0.3 is 0 Å². The van der Waals surface area contributed by atoms with Crippen molar-refractivity contribution in [3.63, 3.8) is 0 Å². The fraction of sp³-hybridized carbons (Fsp3) is 0.250. The minimum atomic E-state index is -0.288. The number of carbonyl (C=O) groups is 2. The molecule has 0 aliphatic heterocycles. The summed E-state index contributed by atoms with van der Waals surface area (Å²) in [6, 6.07) is 4.80. The van der Waals surface area contributed by atoms with Crippen LogP contribution in [0.15, 0.2) is 23.3 Å². The number of benzene rings is 1. The summed E-state index contributed by atoms with van der Waals surface area (Å²) >= 11 is 11.6. The van der Waals surface area contributed by atoms with Crippen LogP contribution >= 0.6 is 23.2 Å². The number of amides is 2. The van der Waals surface area contributed by atoms with Gasteiger partial charge in [0.15, 0.2) is 0 Å². The Kier molecular flexibility index (Phi) is 5.79. The monoisotopic (exact) mass is 301 g/mol. The fourth-order valence-electron chi connectivity index (χ4n) is 1.23. The molecule has 0 heterocycles. The molecule has 0 aliphatic rings. The van der Waals surface area contributed by atoms with Crippen molar-refractivity contribution in [3.05, 3.63) is 28.2 Å². The Bertz CT molecular complexity index is 530. The summed E-state index contributed by atoms with van der Waals surface area (Å²) in [5, 5.41) is 7.18. The van der Waals surface area contributed by atoms with Crippen molar-refractivity contribution < 1.29 is 9.59 Å². The molecule has 0 unspecified atom stereocenters. The molecule has 1 aromatic rings. The van der Waals surface area contributed by atoms with E-state index in [4.69, 9.17) is 23.2 Å². The number of nitrogens with zero attached hydrogens (tertiary/aromatic N) is 1. The van der Waals surface area contributed by atoms with Gasteiger partial charge in [-0.25, -0.2) is 5.43 Å². The number of nitrogens with one attached hydrogen (secondary N) is 2. The molecule has 0 aliphatic carbocycles. The molecule has 2 amide bonds. The quantitative estimate of drug-likeness (QED) is 0.663. The lowest BCUT2D eigenvalue weighted by Gasteiger charge is -2.06. The van der Waals surface area contributed by atoms with Gasteiger partial charge in [0.2, 0.25) is 11.8 Å². The van der Waals surface area contributed by atoms with Crippen LogP contribution in [0.5, 0.6) is 0 Å². The summed E-state index contributed by atoms with van der Waals surface area (Å²) in [4.78, 5) is 22.3. The standard InChI is InChI=1S/C12H13Cl2N3O2/c1-7(16-17-8(2)18)5-12(19)15-9-3-4-10(13)11(14)6-9/h3-4,6H,5H2,1-2H3,(H,15,19)(H,17,18)/b16-7+. The summed E-state index contributed by atoms with van der Waals surface area (Å²) < 4.78 is 0. The van der Waals surface area contributed by atoms with Gasteiger partial charge in [-0.2, -0.15) is 5.10 Å². The molecule has 0 radical (unpaired) electrons. The van der Waals surface area contributed by atoms with Crippen molar-refractivity contribution in [2.45, 2.75) is 20.3 Å². The first kappa shape index (κ1) is 15.5. The van der Waals surface area contributed by atoms with Gasteiger partial charge < -0.3 is 5.32 Å². The zero-order chi connectivity index (χ0) is 14.4. The zero-order valence-corrected chi connectivity index (χ0v) is 12.0. The molecular formula is C12H13Cl2N3O2. The van der Waals surface area contributed by atoms with Crippen molar-refractivity contribution in [1.29, 1.82) is 0 Å². The first-order valence-corrected chi connectivity index (χ1v) is 6.18. The van der Waals surface area contributed by atoms with Gasteiger partial charge in [-0.05, 0) is 25.1 Å². The predicted octanol–water partition coefficient (Wildman–Crippen LogP) is 2.83. The second-order valence-corrected chi connectivity index (χ2v) is 4.68. The van der Waals surface area contributed by atoms with E-state index in [1.54, 1.807) is 25.1 Å². The third-order valence-electron chi connectivity index (χ3n) is 2.02. The van der Waals surface area contributed by atoms with Crippen molar-refractivity contribution >= 4 is 46.4 Å². The molecule has 0 atom stereocenters. The van der Waals surface area contributed by atoms with Crippen LogP contribution in [0.2, 0.25) is 10.0 Å². The van der Waals surface area contributed by atoms with Gasteiger partial charge in [-0.3, -0.25) is 9.59 Å². The van der Waals surface area contributed by atoms with E-state index in [1.165, 1.54) is 6.92 Å². The lowest BCUT2D eigenvalue weighted by atomic mass is 10.2. The van der Waals surface area contributed by atoms with Crippen molar-refractivity contribution in [2.75, 3.05) is 5.32 Å². The highest BCUT2D eigenvalue weighted by atomic mass is 35.5. The summed E-state index contributed by atoms with van der Waals surface area (Å²) in [6.45, 7) is 2.98. The van der Waals surface area contributed by atoms with Gasteiger partial charge in [0.25, 0.3) is 0 Å². The molecule has 0 saturated heterocycles. The molecule has 0 spiro atoms. The topological polar surface area (TPSA) is 70.6 Å². The molecule has 0 saturated carbocycles. The van der Waals surface area contributed by atoms with E-state index < -0.39 is 0 Å². The number of hydrogen-bond acceptors (Lipinski definition) is 3. The van der Waals surface area contributed by atoms with Gasteiger partial charge in [0.1, 0.15) is 0 Å². The van der Waals surface area contributed by atoms with E-state index in [-0.39, 0.29) is 18.2 Å². The van der Waals surface area contributed by atoms with Crippen LogP contribution in [-0.4, -0.2) is 17.5 Å². The van der Waals surface area contributed by atoms with Gasteiger partial charge in [0.05, 0.1) is 16.5 Å². The highest BCUT2D eigenvalue weighted by Gasteiger charge is 2.06. The van der Waals surface area contributed by atoms with Crippen LogP contribution in [0.25, 0.3) is 0 Å². The van der Waals surface area contributed by atoms with Gasteiger partial charge in [-0.1, -0.05) is 23.2 Å². The SMILES string of the molecule is CC(=O)N/N=C(\C)CC(=O)Nc1ccc(Cl)c(Cl)c1. The molecular weight excluding hydrogens is 289 g/mol. The van der Waals surface area contributed by atoms with E-state index >= 15 is 0 Å². The first-order valence-electron chi connectivity index (χ1n) is 5.43. The minimum Gasteiger partial charge on any atom is -0.326 e. The largest absolute Gasteiger partial charge is 0.326 e. The van der Waals surface area contributed by atoms with E-state index in [0.717, 1.165) is 0 Å². The molecule has 0 aromatic heterocycles. The van der Waals surface area contributed by atoms with Crippen LogP contribution in [-0.2, 0) is 9.59 Å². The number of hydrazone groups is 1. The maximum absolute atomic E-state index is 11.7. The Hall–Kier alpha value is -1.59. The average molecular weight is 302 g/mol. The van der Waals surface area contributed by atoms with E-state index in [0.29, 0.717) is 21.4 Å². The second kappa shape index (κ2) is 7.11.